The summed E-state index contributed by atoms with van der Waals surface area (Å²) < 4.78 is 13.7. The molecule has 0 unspecified atom stereocenters. The van der Waals surface area contributed by atoms with Gasteiger partial charge in [0.15, 0.2) is 0 Å². The Morgan fingerprint density at radius 1 is 0.800 bits per heavy atom. The summed E-state index contributed by atoms with van der Waals surface area (Å²) in [5.41, 5.74) is 2.99. The molecule has 0 spiro atoms. The smallest absolute Gasteiger partial charge is 0.131 e. The van der Waals surface area contributed by atoms with Crippen LogP contribution in [0, 0.1) is 5.82 Å². The quantitative estimate of drug-likeness (QED) is 0.541. The molecule has 2 aromatic carbocycles. The fraction of sp³-hybridized carbons (Fsp3) is 0.368. The van der Waals surface area contributed by atoms with E-state index < -0.39 is 0 Å². The molecule has 0 N–H and O–H groups in total. The first-order chi connectivity index (χ1) is 9.81. The fourth-order valence-electron chi connectivity index (χ4n) is 2.48. The Labute approximate surface area is 121 Å². The van der Waals surface area contributed by atoms with Gasteiger partial charge in [0.2, 0.25) is 0 Å². The van der Waals surface area contributed by atoms with Gasteiger partial charge in [-0.1, -0.05) is 75.1 Å². The Balaban J connectivity index is 1.92. The molecule has 0 nitrogen and oxygen atoms in total. The maximum atomic E-state index is 13.7. The van der Waals surface area contributed by atoms with Crippen LogP contribution in [0.4, 0.5) is 4.39 Å². The molecular formula is C19H23F. The van der Waals surface area contributed by atoms with Gasteiger partial charge >= 0.3 is 0 Å². The molecule has 0 bridgehead atoms. The third-order valence-corrected chi connectivity index (χ3v) is 3.71. The highest BCUT2D eigenvalue weighted by atomic mass is 19.1. The van der Waals surface area contributed by atoms with Crippen molar-refractivity contribution >= 4 is 0 Å². The zero-order valence-electron chi connectivity index (χ0n) is 12.2. The van der Waals surface area contributed by atoms with Gasteiger partial charge in [-0.3, -0.25) is 0 Å². The maximum absolute atomic E-state index is 13.7. The zero-order chi connectivity index (χ0) is 14.2. The molecular weight excluding hydrogens is 247 g/mol. The van der Waals surface area contributed by atoms with E-state index in [1.807, 2.05) is 24.3 Å². The second-order valence-corrected chi connectivity index (χ2v) is 5.34. The van der Waals surface area contributed by atoms with Gasteiger partial charge < -0.3 is 0 Å². The van der Waals surface area contributed by atoms with E-state index in [2.05, 4.69) is 19.1 Å². The second kappa shape index (κ2) is 7.84. The topological polar surface area (TPSA) is 0 Å². The molecule has 0 aliphatic rings. The number of rotatable bonds is 7. The van der Waals surface area contributed by atoms with Crippen molar-refractivity contribution in [3.8, 4) is 11.1 Å². The minimum Gasteiger partial charge on any atom is -0.206 e. The number of halogens is 1. The van der Waals surface area contributed by atoms with Crippen LogP contribution in [-0.2, 0) is 6.42 Å². The van der Waals surface area contributed by atoms with E-state index in [4.69, 9.17) is 0 Å². The number of unbranched alkanes of at least 4 members (excludes halogenated alkanes) is 4. The zero-order valence-corrected chi connectivity index (χ0v) is 12.2. The molecule has 106 valence electrons. The van der Waals surface area contributed by atoms with Crippen molar-refractivity contribution in [2.24, 2.45) is 0 Å². The average molecular weight is 270 g/mol. The molecule has 0 saturated carbocycles. The highest BCUT2D eigenvalue weighted by Gasteiger charge is 2.03. The monoisotopic (exact) mass is 270 g/mol. The molecule has 0 heterocycles. The number of benzene rings is 2. The predicted octanol–water partition coefficient (Wildman–Crippen LogP) is 6.01. The van der Waals surface area contributed by atoms with Gasteiger partial charge in [0.25, 0.3) is 0 Å². The van der Waals surface area contributed by atoms with Gasteiger partial charge in [-0.05, 0) is 30.0 Å². The minimum atomic E-state index is -0.153. The first kappa shape index (κ1) is 14.8. The average Bonchev–Trinajstić information content (AvgIpc) is 2.48. The van der Waals surface area contributed by atoms with Gasteiger partial charge in [-0.15, -0.1) is 0 Å². The molecule has 0 aliphatic carbocycles. The minimum absolute atomic E-state index is 0.153. The molecule has 1 heteroatoms. The SMILES string of the molecule is CCCCCCCc1ccc(-c2ccccc2F)cc1. The summed E-state index contributed by atoms with van der Waals surface area (Å²) in [5, 5.41) is 0. The summed E-state index contributed by atoms with van der Waals surface area (Å²) in [5.74, 6) is -0.153. The van der Waals surface area contributed by atoms with Crippen molar-refractivity contribution in [2.45, 2.75) is 45.4 Å². The van der Waals surface area contributed by atoms with Crippen LogP contribution in [0.25, 0.3) is 11.1 Å². The van der Waals surface area contributed by atoms with Gasteiger partial charge in [-0.2, -0.15) is 0 Å². The molecule has 0 radical (unpaired) electrons. The summed E-state index contributed by atoms with van der Waals surface area (Å²) in [4.78, 5) is 0. The van der Waals surface area contributed by atoms with E-state index in [1.54, 1.807) is 6.07 Å². The van der Waals surface area contributed by atoms with Gasteiger partial charge in [0.1, 0.15) is 5.82 Å². The molecule has 0 saturated heterocycles. The maximum Gasteiger partial charge on any atom is 0.131 e. The lowest BCUT2D eigenvalue weighted by atomic mass is 10.0. The molecule has 20 heavy (non-hydrogen) atoms. The van der Waals surface area contributed by atoms with Gasteiger partial charge in [0, 0.05) is 5.56 Å². The summed E-state index contributed by atoms with van der Waals surface area (Å²) in [6.45, 7) is 2.24. The highest BCUT2D eigenvalue weighted by Crippen LogP contribution is 2.23. The molecule has 2 rings (SSSR count). The van der Waals surface area contributed by atoms with Crippen LogP contribution >= 0.6 is 0 Å². The third kappa shape index (κ3) is 4.19. The van der Waals surface area contributed by atoms with Crippen molar-refractivity contribution in [1.29, 1.82) is 0 Å². The Hall–Kier alpha value is -1.63. The summed E-state index contributed by atoms with van der Waals surface area (Å²) >= 11 is 0. The van der Waals surface area contributed by atoms with Crippen molar-refractivity contribution in [3.05, 3.63) is 59.9 Å². The fourth-order valence-corrected chi connectivity index (χ4v) is 2.48. The lowest BCUT2D eigenvalue weighted by Gasteiger charge is -2.06. The Morgan fingerprint density at radius 2 is 1.50 bits per heavy atom. The second-order valence-electron chi connectivity index (χ2n) is 5.34. The number of aryl methyl sites for hydroxylation is 1. The van der Waals surface area contributed by atoms with Crippen LogP contribution < -0.4 is 0 Å². The van der Waals surface area contributed by atoms with Crippen LogP contribution in [0.5, 0.6) is 0 Å². The molecule has 0 aromatic heterocycles. The van der Waals surface area contributed by atoms with Gasteiger partial charge in [-0.25, -0.2) is 4.39 Å². The molecule has 0 atom stereocenters. The van der Waals surface area contributed by atoms with Crippen molar-refractivity contribution in [1.82, 2.24) is 0 Å². The number of hydrogen-bond donors (Lipinski definition) is 0. The first-order valence-corrected chi connectivity index (χ1v) is 7.65. The van der Waals surface area contributed by atoms with E-state index in [1.165, 1.54) is 43.7 Å². The molecule has 2 aromatic rings. The van der Waals surface area contributed by atoms with Crippen LogP contribution in [-0.4, -0.2) is 0 Å². The summed E-state index contributed by atoms with van der Waals surface area (Å²) in [6.07, 6.45) is 7.65. The van der Waals surface area contributed by atoms with E-state index in [0.717, 1.165) is 12.0 Å². The largest absolute Gasteiger partial charge is 0.206 e. The highest BCUT2D eigenvalue weighted by molar-refractivity contribution is 5.64. The Bertz CT molecular complexity index is 514. The standard InChI is InChI=1S/C19H23F/c1-2-3-4-5-6-9-16-12-14-17(15-13-16)18-10-7-8-11-19(18)20/h7-8,10-15H,2-6,9H2,1H3. The Morgan fingerprint density at radius 3 is 2.20 bits per heavy atom. The predicted molar refractivity (Wildman–Crippen MR) is 84.3 cm³/mol. The van der Waals surface area contributed by atoms with Gasteiger partial charge in [0.05, 0.1) is 0 Å². The van der Waals surface area contributed by atoms with Crippen LogP contribution in [0.1, 0.15) is 44.6 Å². The first-order valence-electron chi connectivity index (χ1n) is 7.65. The normalized spacial score (nSPS) is 10.7. The summed E-state index contributed by atoms with van der Waals surface area (Å²) in [6, 6.07) is 15.2. The van der Waals surface area contributed by atoms with Crippen molar-refractivity contribution < 1.29 is 4.39 Å². The van der Waals surface area contributed by atoms with Crippen LogP contribution in [0.3, 0.4) is 0 Å². The Kier molecular flexibility index (Phi) is 5.79. The van der Waals surface area contributed by atoms with Crippen molar-refractivity contribution in [2.75, 3.05) is 0 Å². The molecule has 0 fully saturated rings. The third-order valence-electron chi connectivity index (χ3n) is 3.71. The van der Waals surface area contributed by atoms with Crippen LogP contribution in [0.15, 0.2) is 48.5 Å². The molecule has 0 amide bonds. The van der Waals surface area contributed by atoms with E-state index in [-0.39, 0.29) is 5.82 Å². The lowest BCUT2D eigenvalue weighted by molar-refractivity contribution is 0.631. The molecule has 0 aliphatic heterocycles. The number of hydrogen-bond acceptors (Lipinski definition) is 0. The van der Waals surface area contributed by atoms with Crippen LogP contribution in [0.2, 0.25) is 0 Å². The summed E-state index contributed by atoms with van der Waals surface area (Å²) in [7, 11) is 0. The van der Waals surface area contributed by atoms with E-state index in [0.29, 0.717) is 5.56 Å². The lowest BCUT2D eigenvalue weighted by Crippen LogP contribution is -1.88. The van der Waals surface area contributed by atoms with E-state index in [9.17, 15) is 4.39 Å². The van der Waals surface area contributed by atoms with E-state index >= 15 is 0 Å². The van der Waals surface area contributed by atoms with Crippen molar-refractivity contribution in [3.63, 3.8) is 0 Å².